The van der Waals surface area contributed by atoms with Crippen LogP contribution in [0.15, 0.2) is 11.3 Å². The number of aromatic nitrogens is 2. The van der Waals surface area contributed by atoms with Gasteiger partial charge in [0.25, 0.3) is 10.1 Å². The van der Waals surface area contributed by atoms with Gasteiger partial charge in [-0.15, -0.1) is 0 Å². The van der Waals surface area contributed by atoms with Gasteiger partial charge in [0, 0.05) is 13.8 Å². The van der Waals surface area contributed by atoms with E-state index in [4.69, 9.17) is 18.4 Å². The Hall–Kier alpha value is -2.88. The van der Waals surface area contributed by atoms with Gasteiger partial charge >= 0.3 is 11.9 Å². The van der Waals surface area contributed by atoms with Crippen LogP contribution in [0.25, 0.3) is 0 Å². The van der Waals surface area contributed by atoms with Crippen molar-refractivity contribution < 1.29 is 46.3 Å². The highest BCUT2D eigenvalue weighted by Crippen LogP contribution is 2.44. The van der Waals surface area contributed by atoms with Crippen molar-refractivity contribution in [2.45, 2.75) is 50.8 Å². The lowest BCUT2D eigenvalue weighted by Crippen LogP contribution is -2.54. The maximum atomic E-state index is 12.5. The van der Waals surface area contributed by atoms with Crippen molar-refractivity contribution in [3.05, 3.63) is 12.0 Å². The van der Waals surface area contributed by atoms with Crippen LogP contribution in [0, 0.1) is 0 Å². The number of esters is 2. The minimum atomic E-state index is -3.72. The standard InChI is InChI=1S/C18H24N4O10S/c1-9(24)18(6-23)15(31-11(3)26)14(30-10(2)25)17(32-18)22-8-21-13-12(5-29-33(4,27)28)19-7-20-16(13)22/h7-8,12,14-15,17,23H,5-6H2,1-4H3,(H,19,20)/t12?,14-,15+,17-,18+/m1/s1. The molecule has 0 radical (unpaired) electrons. The summed E-state index contributed by atoms with van der Waals surface area (Å²) in [7, 11) is -3.72. The smallest absolute Gasteiger partial charge is 0.303 e. The van der Waals surface area contributed by atoms with Crippen molar-refractivity contribution in [3.63, 3.8) is 0 Å². The van der Waals surface area contributed by atoms with Crippen LogP contribution in [0.4, 0.5) is 5.82 Å². The highest BCUT2D eigenvalue weighted by atomic mass is 32.2. The van der Waals surface area contributed by atoms with Crippen molar-refractivity contribution in [3.8, 4) is 0 Å². The molecule has 0 saturated carbocycles. The van der Waals surface area contributed by atoms with Crippen LogP contribution in [0.2, 0.25) is 0 Å². The first kappa shape index (κ1) is 24.8. The van der Waals surface area contributed by atoms with Crippen LogP contribution < -0.4 is 5.32 Å². The average Bonchev–Trinajstić information content (AvgIpc) is 3.26. The van der Waals surface area contributed by atoms with E-state index in [1.807, 2.05) is 0 Å². The molecule has 1 unspecified atom stereocenters. The molecular formula is C18H24N4O10S. The topological polar surface area (TPSA) is 185 Å². The molecule has 3 heterocycles. The summed E-state index contributed by atoms with van der Waals surface area (Å²) in [6, 6.07) is -0.693. The summed E-state index contributed by atoms with van der Waals surface area (Å²) in [6.45, 7) is 2.23. The van der Waals surface area contributed by atoms with E-state index in [0.717, 1.165) is 27.0 Å². The highest BCUT2D eigenvalue weighted by molar-refractivity contribution is 7.85. The Morgan fingerprint density at radius 3 is 2.45 bits per heavy atom. The number of aliphatic imine (C=N–C) groups is 1. The van der Waals surface area contributed by atoms with Gasteiger partial charge in [0.15, 0.2) is 35.6 Å². The number of carbonyl (C=O) groups is 3. The molecule has 0 aliphatic carbocycles. The number of hydrogen-bond acceptors (Lipinski definition) is 13. The normalized spacial score (nSPS) is 28.6. The van der Waals surface area contributed by atoms with E-state index in [9.17, 15) is 27.9 Å². The van der Waals surface area contributed by atoms with Gasteiger partial charge in [0.2, 0.25) is 0 Å². The number of hydrogen-bond donors (Lipinski definition) is 2. The van der Waals surface area contributed by atoms with E-state index in [2.05, 4.69) is 15.3 Å². The molecule has 0 bridgehead atoms. The largest absolute Gasteiger partial charge is 0.455 e. The molecule has 2 aliphatic heterocycles. The number of aliphatic hydroxyl groups excluding tert-OH is 1. The van der Waals surface area contributed by atoms with E-state index in [1.54, 1.807) is 0 Å². The fraction of sp³-hybridized carbons (Fsp3) is 0.611. The van der Waals surface area contributed by atoms with Gasteiger partial charge in [-0.25, -0.2) is 9.98 Å². The molecule has 0 aromatic carbocycles. The summed E-state index contributed by atoms with van der Waals surface area (Å²) < 4.78 is 45.4. The number of imidazole rings is 1. The molecule has 3 rings (SSSR count). The number of Topliss-reactive ketones (excluding diaryl/α,β-unsaturated/α-hetero) is 1. The Labute approximate surface area is 189 Å². The lowest BCUT2D eigenvalue weighted by atomic mass is 9.91. The third-order valence-electron chi connectivity index (χ3n) is 5.11. The van der Waals surface area contributed by atoms with Gasteiger partial charge in [-0.3, -0.25) is 23.1 Å². The number of nitrogens with one attached hydrogen (secondary N) is 1. The summed E-state index contributed by atoms with van der Waals surface area (Å²) in [5, 5.41) is 12.9. The molecule has 1 saturated heterocycles. The van der Waals surface area contributed by atoms with Gasteiger partial charge in [0.1, 0.15) is 5.69 Å². The number of aliphatic hydroxyl groups is 1. The summed E-state index contributed by atoms with van der Waals surface area (Å²) in [5.74, 6) is -2.00. The average molecular weight is 488 g/mol. The minimum absolute atomic E-state index is 0.192. The molecular weight excluding hydrogens is 464 g/mol. The van der Waals surface area contributed by atoms with Crippen LogP contribution in [-0.4, -0.2) is 84.4 Å². The number of carbonyl (C=O) groups excluding carboxylic acids is 3. The van der Waals surface area contributed by atoms with E-state index >= 15 is 0 Å². The highest BCUT2D eigenvalue weighted by Gasteiger charge is 2.62. The summed E-state index contributed by atoms with van der Waals surface area (Å²) in [5.41, 5.74) is -1.72. The van der Waals surface area contributed by atoms with Crippen molar-refractivity contribution >= 4 is 40.0 Å². The van der Waals surface area contributed by atoms with Crippen LogP contribution in [0.3, 0.4) is 0 Å². The molecule has 1 fully saturated rings. The van der Waals surface area contributed by atoms with Crippen molar-refractivity contribution in [2.24, 2.45) is 4.99 Å². The van der Waals surface area contributed by atoms with Gasteiger partial charge in [0.05, 0.1) is 38.2 Å². The zero-order chi connectivity index (χ0) is 24.6. The van der Waals surface area contributed by atoms with Crippen molar-refractivity contribution in [2.75, 3.05) is 19.5 Å². The summed E-state index contributed by atoms with van der Waals surface area (Å²) >= 11 is 0. The minimum Gasteiger partial charge on any atom is -0.455 e. The summed E-state index contributed by atoms with van der Waals surface area (Å²) in [6.07, 6.45) is -0.582. The van der Waals surface area contributed by atoms with Crippen LogP contribution in [0.5, 0.6) is 0 Å². The van der Waals surface area contributed by atoms with Crippen LogP contribution >= 0.6 is 0 Å². The SMILES string of the molecule is CC(=O)O[C@H]1[C@H](n2cnc3c2N=CNC3COS(C)(=O)=O)O[C@@](CO)(C(C)=O)[C@H]1OC(C)=O. The van der Waals surface area contributed by atoms with Crippen LogP contribution in [0.1, 0.15) is 38.7 Å². The zero-order valence-corrected chi connectivity index (χ0v) is 19.1. The van der Waals surface area contributed by atoms with Gasteiger partial charge < -0.3 is 24.6 Å². The Balaban J connectivity index is 2.05. The number of ketones is 1. The molecule has 2 N–H and O–H groups in total. The number of fused-ring (bicyclic) bond motifs is 1. The first-order valence-corrected chi connectivity index (χ1v) is 11.5. The third kappa shape index (κ3) is 4.90. The van der Waals surface area contributed by atoms with Crippen molar-refractivity contribution in [1.82, 2.24) is 14.9 Å². The second-order valence-corrected chi connectivity index (χ2v) is 9.19. The quantitative estimate of drug-likeness (QED) is 0.332. The monoisotopic (exact) mass is 488 g/mol. The fourth-order valence-electron chi connectivity index (χ4n) is 3.67. The predicted octanol–water partition coefficient (Wildman–Crippen LogP) is -1.12. The molecule has 0 spiro atoms. The molecule has 5 atom stereocenters. The zero-order valence-electron chi connectivity index (χ0n) is 18.2. The molecule has 15 heteroatoms. The fourth-order valence-corrected chi connectivity index (χ4v) is 4.06. The Bertz CT molecular complexity index is 1080. The van der Waals surface area contributed by atoms with E-state index < -0.39 is 64.5 Å². The van der Waals surface area contributed by atoms with Crippen molar-refractivity contribution in [1.29, 1.82) is 0 Å². The Morgan fingerprint density at radius 1 is 1.24 bits per heavy atom. The van der Waals surface area contributed by atoms with E-state index in [-0.39, 0.29) is 12.4 Å². The number of rotatable bonds is 8. The first-order chi connectivity index (χ1) is 15.4. The molecule has 0 amide bonds. The van der Waals surface area contributed by atoms with E-state index in [1.165, 1.54) is 17.2 Å². The van der Waals surface area contributed by atoms with Gasteiger partial charge in [-0.1, -0.05) is 0 Å². The van der Waals surface area contributed by atoms with E-state index in [0.29, 0.717) is 5.69 Å². The summed E-state index contributed by atoms with van der Waals surface area (Å²) in [4.78, 5) is 44.5. The number of nitrogens with zero attached hydrogens (tertiary/aromatic N) is 3. The van der Waals surface area contributed by atoms with Gasteiger partial charge in [-0.05, 0) is 6.92 Å². The second kappa shape index (κ2) is 9.17. The maximum absolute atomic E-state index is 12.5. The molecule has 182 valence electrons. The molecule has 2 aliphatic rings. The van der Waals surface area contributed by atoms with Gasteiger partial charge in [-0.2, -0.15) is 8.42 Å². The molecule has 33 heavy (non-hydrogen) atoms. The number of ether oxygens (including phenoxy) is 3. The Morgan fingerprint density at radius 2 is 1.91 bits per heavy atom. The first-order valence-electron chi connectivity index (χ1n) is 9.73. The van der Waals surface area contributed by atoms with Crippen LogP contribution in [-0.2, 0) is 42.9 Å². The predicted molar refractivity (Wildman–Crippen MR) is 109 cm³/mol. The Kier molecular flexibility index (Phi) is 6.88. The lowest BCUT2D eigenvalue weighted by molar-refractivity contribution is -0.176. The molecule has 1 aromatic heterocycles. The third-order valence-corrected chi connectivity index (χ3v) is 5.67. The molecule has 14 nitrogen and oxygen atoms in total. The lowest BCUT2D eigenvalue weighted by Gasteiger charge is -2.29. The molecule has 1 aromatic rings. The second-order valence-electron chi connectivity index (χ2n) is 7.54. The maximum Gasteiger partial charge on any atom is 0.303 e.